The van der Waals surface area contributed by atoms with Gasteiger partial charge in [-0.2, -0.15) is 0 Å². The standard InChI is InChI=1S/C17H26N2O2/c1-5-21-10-9-19-16(14-8-6-7-13(4)11-14)18-15(12(2)3)17(19)20/h6-8,11-12,15-16,18H,5,9-10H2,1-4H3. The van der Waals surface area contributed by atoms with E-state index in [1.807, 2.05) is 17.9 Å². The van der Waals surface area contributed by atoms with Crippen molar-refractivity contribution in [2.75, 3.05) is 19.8 Å². The normalized spacial score (nSPS) is 22.3. The summed E-state index contributed by atoms with van der Waals surface area (Å²) < 4.78 is 5.43. The zero-order chi connectivity index (χ0) is 15.4. The first-order valence-electron chi connectivity index (χ1n) is 7.75. The van der Waals surface area contributed by atoms with Crippen LogP contribution in [0.2, 0.25) is 0 Å². The fraction of sp³-hybridized carbons (Fsp3) is 0.588. The number of amides is 1. The average molecular weight is 290 g/mol. The SMILES string of the molecule is CCOCCN1C(=O)C(C(C)C)NC1c1cccc(C)c1. The Morgan fingerprint density at radius 2 is 2.14 bits per heavy atom. The maximum absolute atomic E-state index is 12.6. The third kappa shape index (κ3) is 3.63. The van der Waals surface area contributed by atoms with Gasteiger partial charge in [-0.05, 0) is 25.3 Å². The topological polar surface area (TPSA) is 41.6 Å². The minimum Gasteiger partial charge on any atom is -0.380 e. The van der Waals surface area contributed by atoms with Crippen LogP contribution in [0.1, 0.15) is 38.1 Å². The molecule has 1 aliphatic heterocycles. The minimum absolute atomic E-state index is 0.0507. The highest BCUT2D eigenvalue weighted by molar-refractivity contribution is 5.84. The third-order valence-electron chi connectivity index (χ3n) is 3.90. The molecule has 1 N–H and O–H groups in total. The number of benzene rings is 1. The van der Waals surface area contributed by atoms with Crippen LogP contribution in [0.4, 0.5) is 0 Å². The first-order chi connectivity index (χ1) is 10.0. The van der Waals surface area contributed by atoms with Gasteiger partial charge >= 0.3 is 0 Å². The van der Waals surface area contributed by atoms with Crippen LogP contribution in [0.25, 0.3) is 0 Å². The summed E-state index contributed by atoms with van der Waals surface area (Å²) in [5, 5.41) is 3.48. The van der Waals surface area contributed by atoms with Crippen LogP contribution < -0.4 is 5.32 Å². The number of hydrogen-bond donors (Lipinski definition) is 1. The molecule has 1 saturated heterocycles. The molecule has 0 radical (unpaired) electrons. The number of carbonyl (C=O) groups excluding carboxylic acids is 1. The zero-order valence-corrected chi connectivity index (χ0v) is 13.4. The highest BCUT2D eigenvalue weighted by atomic mass is 16.5. The monoisotopic (exact) mass is 290 g/mol. The number of hydrogen-bond acceptors (Lipinski definition) is 3. The summed E-state index contributed by atoms with van der Waals surface area (Å²) in [6, 6.07) is 8.22. The summed E-state index contributed by atoms with van der Waals surface area (Å²) in [5.74, 6) is 0.457. The molecule has 1 aliphatic rings. The fourth-order valence-corrected chi connectivity index (χ4v) is 2.78. The summed E-state index contributed by atoms with van der Waals surface area (Å²) in [5.41, 5.74) is 2.35. The van der Waals surface area contributed by atoms with Crippen molar-refractivity contribution in [3.8, 4) is 0 Å². The lowest BCUT2D eigenvalue weighted by molar-refractivity contribution is -0.131. The number of rotatable bonds is 6. The molecule has 0 bridgehead atoms. The van der Waals surface area contributed by atoms with Crippen molar-refractivity contribution in [3.05, 3.63) is 35.4 Å². The molecule has 2 atom stereocenters. The lowest BCUT2D eigenvalue weighted by Crippen LogP contribution is -2.35. The summed E-state index contributed by atoms with van der Waals surface area (Å²) in [6.07, 6.45) is -0.0507. The van der Waals surface area contributed by atoms with Crippen molar-refractivity contribution in [1.29, 1.82) is 0 Å². The lowest BCUT2D eigenvalue weighted by atomic mass is 10.0. The van der Waals surface area contributed by atoms with E-state index in [9.17, 15) is 4.79 Å². The number of nitrogens with one attached hydrogen (secondary N) is 1. The van der Waals surface area contributed by atoms with Crippen molar-refractivity contribution >= 4 is 5.91 Å². The van der Waals surface area contributed by atoms with E-state index in [1.165, 1.54) is 5.56 Å². The quantitative estimate of drug-likeness (QED) is 0.818. The Morgan fingerprint density at radius 1 is 1.38 bits per heavy atom. The lowest BCUT2D eigenvalue weighted by Gasteiger charge is -2.24. The fourth-order valence-electron chi connectivity index (χ4n) is 2.78. The van der Waals surface area contributed by atoms with Crippen molar-refractivity contribution in [2.45, 2.75) is 39.9 Å². The van der Waals surface area contributed by atoms with E-state index in [4.69, 9.17) is 4.74 Å². The largest absolute Gasteiger partial charge is 0.380 e. The van der Waals surface area contributed by atoms with Crippen LogP contribution in [-0.4, -0.2) is 36.6 Å². The molecule has 0 aliphatic carbocycles. The zero-order valence-electron chi connectivity index (χ0n) is 13.4. The van der Waals surface area contributed by atoms with E-state index in [0.717, 1.165) is 5.56 Å². The van der Waals surface area contributed by atoms with E-state index in [0.29, 0.717) is 19.8 Å². The third-order valence-corrected chi connectivity index (χ3v) is 3.90. The van der Waals surface area contributed by atoms with Crippen LogP contribution in [0.15, 0.2) is 24.3 Å². The molecule has 1 aromatic rings. The van der Waals surface area contributed by atoms with E-state index >= 15 is 0 Å². The van der Waals surface area contributed by atoms with Gasteiger partial charge in [0.05, 0.1) is 12.6 Å². The number of ether oxygens (including phenoxy) is 1. The number of carbonyl (C=O) groups is 1. The van der Waals surface area contributed by atoms with Gasteiger partial charge in [-0.1, -0.05) is 43.7 Å². The molecular weight excluding hydrogens is 264 g/mol. The van der Waals surface area contributed by atoms with Gasteiger partial charge in [-0.3, -0.25) is 10.1 Å². The first kappa shape index (κ1) is 16.0. The second-order valence-electron chi connectivity index (χ2n) is 5.93. The van der Waals surface area contributed by atoms with Crippen LogP contribution in [0.5, 0.6) is 0 Å². The van der Waals surface area contributed by atoms with Gasteiger partial charge in [-0.15, -0.1) is 0 Å². The van der Waals surface area contributed by atoms with Crippen molar-refractivity contribution in [1.82, 2.24) is 10.2 Å². The molecule has 4 heteroatoms. The number of nitrogens with zero attached hydrogens (tertiary/aromatic N) is 1. The molecule has 1 aromatic carbocycles. The highest BCUT2D eigenvalue weighted by Gasteiger charge is 2.40. The van der Waals surface area contributed by atoms with Gasteiger partial charge in [0.2, 0.25) is 5.91 Å². The van der Waals surface area contributed by atoms with Gasteiger partial charge in [-0.25, -0.2) is 0 Å². The van der Waals surface area contributed by atoms with E-state index in [2.05, 4.69) is 44.3 Å². The molecule has 2 unspecified atom stereocenters. The van der Waals surface area contributed by atoms with Crippen LogP contribution in [0, 0.1) is 12.8 Å². The number of aryl methyl sites for hydroxylation is 1. The second-order valence-corrected chi connectivity index (χ2v) is 5.93. The highest BCUT2D eigenvalue weighted by Crippen LogP contribution is 2.28. The molecule has 0 spiro atoms. The first-order valence-corrected chi connectivity index (χ1v) is 7.75. The Hall–Kier alpha value is -1.39. The molecule has 4 nitrogen and oxygen atoms in total. The molecule has 21 heavy (non-hydrogen) atoms. The predicted molar refractivity (Wildman–Crippen MR) is 83.9 cm³/mol. The van der Waals surface area contributed by atoms with Gasteiger partial charge < -0.3 is 9.64 Å². The smallest absolute Gasteiger partial charge is 0.241 e. The Balaban J connectivity index is 2.21. The molecule has 1 fully saturated rings. The predicted octanol–water partition coefficient (Wildman–Crippen LogP) is 2.49. The molecule has 116 valence electrons. The van der Waals surface area contributed by atoms with Crippen molar-refractivity contribution < 1.29 is 9.53 Å². The second kappa shape index (κ2) is 7.05. The molecular formula is C17H26N2O2. The van der Waals surface area contributed by atoms with Crippen molar-refractivity contribution in [2.24, 2.45) is 5.92 Å². The van der Waals surface area contributed by atoms with Crippen molar-refractivity contribution in [3.63, 3.8) is 0 Å². The van der Waals surface area contributed by atoms with Gasteiger partial charge in [0.15, 0.2) is 0 Å². The Bertz CT molecular complexity index is 487. The average Bonchev–Trinajstić information content (AvgIpc) is 2.77. The summed E-state index contributed by atoms with van der Waals surface area (Å²) in [4.78, 5) is 14.5. The molecule has 2 rings (SSSR count). The molecule has 0 saturated carbocycles. The molecule has 1 amide bonds. The van der Waals surface area contributed by atoms with Crippen LogP contribution >= 0.6 is 0 Å². The van der Waals surface area contributed by atoms with Crippen LogP contribution in [0.3, 0.4) is 0 Å². The Kier molecular flexibility index (Phi) is 5.37. The Morgan fingerprint density at radius 3 is 2.76 bits per heavy atom. The molecule has 0 aromatic heterocycles. The summed E-state index contributed by atoms with van der Waals surface area (Å²) in [6.45, 7) is 10.1. The van der Waals surface area contributed by atoms with Gasteiger partial charge in [0.1, 0.15) is 6.17 Å². The van der Waals surface area contributed by atoms with Gasteiger partial charge in [0.25, 0.3) is 0 Å². The molecule has 1 heterocycles. The van der Waals surface area contributed by atoms with Gasteiger partial charge in [0, 0.05) is 13.2 Å². The maximum atomic E-state index is 12.6. The minimum atomic E-state index is -0.114. The van der Waals surface area contributed by atoms with E-state index < -0.39 is 0 Å². The maximum Gasteiger partial charge on any atom is 0.241 e. The summed E-state index contributed by atoms with van der Waals surface area (Å²) in [7, 11) is 0. The summed E-state index contributed by atoms with van der Waals surface area (Å²) >= 11 is 0. The van der Waals surface area contributed by atoms with Crippen LogP contribution in [-0.2, 0) is 9.53 Å². The van der Waals surface area contributed by atoms with E-state index in [1.54, 1.807) is 0 Å². The van der Waals surface area contributed by atoms with E-state index in [-0.39, 0.29) is 24.0 Å². The Labute approximate surface area is 127 Å².